The van der Waals surface area contributed by atoms with Crippen LogP contribution < -0.4 is 5.32 Å². The number of hydrogen-bond donors (Lipinski definition) is 1. The van der Waals surface area contributed by atoms with E-state index in [1.165, 1.54) is 37.7 Å². The molecular weight excluding hydrogens is 226 g/mol. The molecule has 2 atom stereocenters. The Balaban J connectivity index is 1.80. The van der Waals surface area contributed by atoms with Crippen LogP contribution in [0, 0.1) is 0 Å². The van der Waals surface area contributed by atoms with Crippen LogP contribution >= 0.6 is 11.3 Å². The second-order valence-corrected chi connectivity index (χ2v) is 5.86. The van der Waals surface area contributed by atoms with Crippen molar-refractivity contribution in [2.75, 3.05) is 0 Å². The summed E-state index contributed by atoms with van der Waals surface area (Å²) in [6.07, 6.45) is 12.6. The third kappa shape index (κ3) is 4.64. The lowest BCUT2D eigenvalue weighted by atomic mass is 10.0. The molecule has 94 valence electrons. The van der Waals surface area contributed by atoms with Crippen LogP contribution in [0.1, 0.15) is 44.6 Å². The summed E-state index contributed by atoms with van der Waals surface area (Å²) in [4.78, 5) is 0. The van der Waals surface area contributed by atoms with Crippen molar-refractivity contribution in [3.05, 3.63) is 34.5 Å². The Labute approximate surface area is 109 Å². The van der Waals surface area contributed by atoms with Gasteiger partial charge in [0.25, 0.3) is 0 Å². The number of rotatable bonds is 4. The van der Waals surface area contributed by atoms with Crippen molar-refractivity contribution in [1.82, 2.24) is 5.32 Å². The van der Waals surface area contributed by atoms with Crippen molar-refractivity contribution < 1.29 is 0 Å². The van der Waals surface area contributed by atoms with E-state index in [2.05, 4.69) is 41.2 Å². The zero-order valence-corrected chi connectivity index (χ0v) is 11.5. The van der Waals surface area contributed by atoms with Crippen LogP contribution in [0.5, 0.6) is 0 Å². The number of allylic oxidation sites excluding steroid dienone is 1. The molecule has 1 heterocycles. The lowest BCUT2D eigenvalue weighted by molar-refractivity contribution is 0.451. The van der Waals surface area contributed by atoms with E-state index in [-0.39, 0.29) is 0 Å². The Morgan fingerprint density at radius 1 is 1.41 bits per heavy atom. The van der Waals surface area contributed by atoms with Crippen LogP contribution in [0.15, 0.2) is 29.0 Å². The van der Waals surface area contributed by atoms with Crippen molar-refractivity contribution in [2.45, 2.75) is 57.5 Å². The van der Waals surface area contributed by atoms with Gasteiger partial charge in [-0.3, -0.25) is 0 Å². The summed E-state index contributed by atoms with van der Waals surface area (Å²) in [7, 11) is 0. The molecule has 0 fully saturated rings. The first-order chi connectivity index (χ1) is 8.34. The van der Waals surface area contributed by atoms with E-state index < -0.39 is 0 Å². The zero-order chi connectivity index (χ0) is 11.9. The lowest BCUT2D eigenvalue weighted by Gasteiger charge is -2.21. The van der Waals surface area contributed by atoms with Gasteiger partial charge >= 0.3 is 0 Å². The summed E-state index contributed by atoms with van der Waals surface area (Å²) in [5.74, 6) is 0. The molecule has 1 aliphatic rings. The van der Waals surface area contributed by atoms with Gasteiger partial charge in [0.15, 0.2) is 0 Å². The van der Waals surface area contributed by atoms with Gasteiger partial charge in [-0.2, -0.15) is 11.3 Å². The van der Waals surface area contributed by atoms with E-state index in [1.807, 2.05) is 0 Å². The number of thiophene rings is 1. The topological polar surface area (TPSA) is 12.0 Å². The van der Waals surface area contributed by atoms with Gasteiger partial charge in [0, 0.05) is 12.1 Å². The largest absolute Gasteiger partial charge is 0.308 e. The molecule has 0 aromatic carbocycles. The average molecular weight is 249 g/mol. The van der Waals surface area contributed by atoms with Gasteiger partial charge in [-0.25, -0.2) is 0 Å². The molecule has 0 saturated heterocycles. The molecule has 1 aromatic heterocycles. The van der Waals surface area contributed by atoms with Crippen molar-refractivity contribution in [3.63, 3.8) is 0 Å². The van der Waals surface area contributed by atoms with E-state index in [0.717, 1.165) is 6.42 Å². The molecule has 0 saturated carbocycles. The lowest BCUT2D eigenvalue weighted by Crippen LogP contribution is -2.36. The van der Waals surface area contributed by atoms with Crippen LogP contribution in [0.2, 0.25) is 0 Å². The normalized spacial score (nSPS) is 24.9. The Morgan fingerprint density at radius 2 is 2.35 bits per heavy atom. The highest BCUT2D eigenvalue weighted by molar-refractivity contribution is 7.07. The van der Waals surface area contributed by atoms with Gasteiger partial charge in [-0.05, 0) is 55.0 Å². The quantitative estimate of drug-likeness (QED) is 0.790. The zero-order valence-electron chi connectivity index (χ0n) is 10.7. The number of hydrogen-bond acceptors (Lipinski definition) is 2. The molecule has 2 heteroatoms. The van der Waals surface area contributed by atoms with Crippen molar-refractivity contribution >= 4 is 11.3 Å². The van der Waals surface area contributed by atoms with E-state index >= 15 is 0 Å². The van der Waals surface area contributed by atoms with Crippen LogP contribution in [-0.2, 0) is 6.42 Å². The van der Waals surface area contributed by atoms with Crippen LogP contribution in [0.25, 0.3) is 0 Å². The fourth-order valence-electron chi connectivity index (χ4n) is 2.49. The van der Waals surface area contributed by atoms with Crippen molar-refractivity contribution in [3.8, 4) is 0 Å². The molecule has 0 aliphatic heterocycles. The van der Waals surface area contributed by atoms with Crippen LogP contribution in [0.4, 0.5) is 0 Å². The molecule has 0 spiro atoms. The summed E-state index contributed by atoms with van der Waals surface area (Å²) in [6.45, 7) is 2.30. The molecule has 17 heavy (non-hydrogen) atoms. The predicted molar refractivity (Wildman–Crippen MR) is 76.6 cm³/mol. The molecule has 0 bridgehead atoms. The van der Waals surface area contributed by atoms with Gasteiger partial charge in [-0.15, -0.1) is 0 Å². The first-order valence-electron chi connectivity index (χ1n) is 6.78. The smallest absolute Gasteiger partial charge is 0.0252 e. The molecule has 2 rings (SSSR count). The number of nitrogens with one attached hydrogen (secondary N) is 1. The molecule has 1 aromatic rings. The maximum absolute atomic E-state index is 3.74. The van der Waals surface area contributed by atoms with Crippen LogP contribution in [0.3, 0.4) is 0 Å². The summed E-state index contributed by atoms with van der Waals surface area (Å²) < 4.78 is 0. The van der Waals surface area contributed by atoms with Crippen molar-refractivity contribution in [1.29, 1.82) is 0 Å². The third-order valence-electron chi connectivity index (χ3n) is 3.37. The minimum Gasteiger partial charge on any atom is -0.308 e. The van der Waals surface area contributed by atoms with Gasteiger partial charge in [0.2, 0.25) is 0 Å². The maximum Gasteiger partial charge on any atom is 0.0252 e. The monoisotopic (exact) mass is 249 g/mol. The third-order valence-corrected chi connectivity index (χ3v) is 4.11. The summed E-state index contributed by atoms with van der Waals surface area (Å²) in [6, 6.07) is 3.39. The fourth-order valence-corrected chi connectivity index (χ4v) is 3.17. The molecule has 1 nitrogen and oxygen atoms in total. The minimum absolute atomic E-state index is 0.568. The highest BCUT2D eigenvalue weighted by atomic mass is 32.1. The summed E-state index contributed by atoms with van der Waals surface area (Å²) >= 11 is 1.79. The van der Waals surface area contributed by atoms with E-state index in [4.69, 9.17) is 0 Å². The van der Waals surface area contributed by atoms with Gasteiger partial charge in [0.1, 0.15) is 0 Å². The minimum atomic E-state index is 0.568. The Hall–Kier alpha value is -0.600. The summed E-state index contributed by atoms with van der Waals surface area (Å²) in [5.41, 5.74) is 1.46. The van der Waals surface area contributed by atoms with Gasteiger partial charge in [0.05, 0.1) is 0 Å². The van der Waals surface area contributed by atoms with Gasteiger partial charge < -0.3 is 5.32 Å². The Kier molecular flexibility index (Phi) is 5.27. The molecule has 0 radical (unpaired) electrons. The molecule has 2 unspecified atom stereocenters. The van der Waals surface area contributed by atoms with Crippen LogP contribution in [-0.4, -0.2) is 12.1 Å². The van der Waals surface area contributed by atoms with Crippen molar-refractivity contribution in [2.24, 2.45) is 0 Å². The molecular formula is C15H23NS. The second kappa shape index (κ2) is 6.97. The summed E-state index contributed by atoms with van der Waals surface area (Å²) in [5, 5.41) is 8.16. The molecule has 0 amide bonds. The SMILES string of the molecule is CC(Cc1ccsc1)NC1/C=C/CCCCC1. The van der Waals surface area contributed by atoms with E-state index in [1.54, 1.807) is 11.3 Å². The van der Waals surface area contributed by atoms with Gasteiger partial charge in [-0.1, -0.05) is 25.0 Å². The highest BCUT2D eigenvalue weighted by Gasteiger charge is 2.11. The van der Waals surface area contributed by atoms with E-state index in [9.17, 15) is 0 Å². The standard InChI is InChI=1S/C15H23NS/c1-13(11-14-9-10-17-12-14)16-15-7-5-3-2-4-6-8-15/h5,7,9-10,12-13,15-16H,2-4,6,8,11H2,1H3/b7-5+. The average Bonchev–Trinajstić information content (AvgIpc) is 2.74. The van der Waals surface area contributed by atoms with E-state index in [0.29, 0.717) is 12.1 Å². The first kappa shape index (κ1) is 12.8. The maximum atomic E-state index is 3.74. The highest BCUT2D eigenvalue weighted by Crippen LogP contribution is 2.14. The molecule has 1 N–H and O–H groups in total. The first-order valence-corrected chi connectivity index (χ1v) is 7.72. The Bertz CT molecular complexity index is 329. The molecule has 1 aliphatic carbocycles. The predicted octanol–water partition coefficient (Wildman–Crippen LogP) is 4.16. The fraction of sp³-hybridized carbons (Fsp3) is 0.600. The second-order valence-electron chi connectivity index (χ2n) is 5.08. The Morgan fingerprint density at radius 3 is 3.18 bits per heavy atom.